The second-order valence-electron chi connectivity index (χ2n) is 11.5. The van der Waals surface area contributed by atoms with Crippen molar-refractivity contribution >= 4 is 24.9 Å². The Kier molecular flexibility index (Phi) is 7.38. The van der Waals surface area contributed by atoms with Crippen LogP contribution in [0.1, 0.15) is 38.3 Å². The number of benzene rings is 4. The summed E-state index contributed by atoms with van der Waals surface area (Å²) in [5, 5.41) is 15.5. The predicted molar refractivity (Wildman–Crippen MR) is 160 cm³/mol. The highest BCUT2D eigenvalue weighted by Crippen LogP contribution is 2.54. The van der Waals surface area contributed by atoms with Gasteiger partial charge in [-0.25, -0.2) is 4.74 Å². The first kappa shape index (κ1) is 26.1. The Bertz CT molecular complexity index is 1310. The van der Waals surface area contributed by atoms with Crippen LogP contribution in [0.5, 0.6) is 0 Å². The second-order valence-corrected chi connectivity index (χ2v) is 15.8. The zero-order valence-electron chi connectivity index (χ0n) is 22.6. The van der Waals surface area contributed by atoms with Crippen LogP contribution >= 0.6 is 0 Å². The molecule has 3 nitrogen and oxygen atoms in total. The number of nitrogens with zero attached hydrogens (tertiary/aromatic N) is 1. The molecule has 4 heteroatoms. The number of rotatable bonds is 9. The van der Waals surface area contributed by atoms with Gasteiger partial charge in [-0.2, -0.15) is 0 Å². The summed E-state index contributed by atoms with van der Waals surface area (Å²) in [6.07, 6.45) is 2.79. The molecule has 0 radical (unpaired) electrons. The number of hydrogen-bond acceptors (Lipinski definition) is 2. The van der Waals surface area contributed by atoms with E-state index in [1.807, 2.05) is 36.5 Å². The molecule has 0 heterocycles. The molecule has 0 saturated heterocycles. The van der Waals surface area contributed by atoms with Gasteiger partial charge in [-0.05, 0) is 27.4 Å². The SMILES string of the molecule is CC(C)(C)[Si](OC[C@]1(c2ccccc2)C[C@@H]1/C=[N+](\[O-])Cc1ccccc1)(c1ccccc1)c1ccccc1. The van der Waals surface area contributed by atoms with Crippen molar-refractivity contribution in [2.75, 3.05) is 6.61 Å². The van der Waals surface area contributed by atoms with Crippen LogP contribution in [0.25, 0.3) is 0 Å². The van der Waals surface area contributed by atoms with E-state index in [1.54, 1.807) is 0 Å². The molecule has 38 heavy (non-hydrogen) atoms. The smallest absolute Gasteiger partial charge is 0.261 e. The van der Waals surface area contributed by atoms with Crippen molar-refractivity contribution in [3.05, 3.63) is 138 Å². The summed E-state index contributed by atoms with van der Waals surface area (Å²) in [5.41, 5.74) is 2.05. The fourth-order valence-electron chi connectivity index (χ4n) is 5.90. The van der Waals surface area contributed by atoms with Gasteiger partial charge in [0, 0.05) is 17.6 Å². The maximum absolute atomic E-state index is 13.0. The fraction of sp³-hybridized carbons (Fsp3) is 0.265. The number of hydroxylamine groups is 1. The van der Waals surface area contributed by atoms with Crippen LogP contribution in [0.15, 0.2) is 121 Å². The van der Waals surface area contributed by atoms with Crippen LogP contribution in [0.3, 0.4) is 0 Å². The molecule has 2 atom stereocenters. The molecule has 0 unspecified atom stereocenters. The minimum absolute atomic E-state index is 0.0977. The molecule has 5 rings (SSSR count). The largest absolute Gasteiger partial charge is 0.624 e. The first-order valence-corrected chi connectivity index (χ1v) is 15.4. The zero-order chi connectivity index (χ0) is 26.6. The van der Waals surface area contributed by atoms with E-state index in [2.05, 4.69) is 112 Å². The summed E-state index contributed by atoms with van der Waals surface area (Å²) in [6, 6.07) is 42.1. The molecule has 0 bridgehead atoms. The zero-order valence-corrected chi connectivity index (χ0v) is 23.6. The molecule has 0 amide bonds. The van der Waals surface area contributed by atoms with E-state index in [9.17, 15) is 5.21 Å². The highest BCUT2D eigenvalue weighted by molar-refractivity contribution is 6.99. The maximum Gasteiger partial charge on any atom is 0.261 e. The standard InChI is InChI=1S/C34H37NO2Si/c1-33(2,3)38(31-20-12-6-13-21-31,32-22-14-7-15-23-32)37-27-34(29-18-10-5-11-19-29)24-30(34)26-35(36)25-28-16-8-4-9-17-28/h4-23,26,30H,24-25,27H2,1-3H3/b35-26-/t30-,34+/m1/s1. The minimum Gasteiger partial charge on any atom is -0.624 e. The molecule has 1 aliphatic rings. The van der Waals surface area contributed by atoms with Crippen molar-refractivity contribution < 1.29 is 9.16 Å². The summed E-state index contributed by atoms with van der Waals surface area (Å²) in [6.45, 7) is 7.86. The summed E-state index contributed by atoms with van der Waals surface area (Å²) in [4.78, 5) is 0. The Balaban J connectivity index is 1.52. The molecular weight excluding hydrogens is 482 g/mol. The minimum atomic E-state index is -2.69. The third-order valence-electron chi connectivity index (χ3n) is 7.97. The van der Waals surface area contributed by atoms with Gasteiger partial charge in [0.1, 0.15) is 0 Å². The van der Waals surface area contributed by atoms with Crippen LogP contribution < -0.4 is 10.4 Å². The lowest BCUT2D eigenvalue weighted by molar-refractivity contribution is -0.471. The second kappa shape index (κ2) is 10.7. The molecule has 4 aromatic carbocycles. The van der Waals surface area contributed by atoms with E-state index < -0.39 is 8.32 Å². The van der Waals surface area contributed by atoms with Crippen molar-refractivity contribution in [3.8, 4) is 0 Å². The van der Waals surface area contributed by atoms with Crippen molar-refractivity contribution in [1.82, 2.24) is 0 Å². The first-order chi connectivity index (χ1) is 18.3. The van der Waals surface area contributed by atoms with Gasteiger partial charge >= 0.3 is 0 Å². The average Bonchev–Trinajstić information content (AvgIpc) is 3.63. The molecule has 0 aromatic heterocycles. The third kappa shape index (κ3) is 5.11. The van der Waals surface area contributed by atoms with Gasteiger partial charge in [-0.3, -0.25) is 0 Å². The first-order valence-electron chi connectivity index (χ1n) is 13.5. The lowest BCUT2D eigenvalue weighted by Gasteiger charge is -2.44. The predicted octanol–water partition coefficient (Wildman–Crippen LogP) is 6.30. The van der Waals surface area contributed by atoms with Crippen molar-refractivity contribution in [3.63, 3.8) is 0 Å². The van der Waals surface area contributed by atoms with Gasteiger partial charge < -0.3 is 9.63 Å². The van der Waals surface area contributed by atoms with Crippen LogP contribution in [-0.2, 0) is 16.4 Å². The van der Waals surface area contributed by atoms with Crippen LogP contribution in [0.2, 0.25) is 5.04 Å². The van der Waals surface area contributed by atoms with Crippen molar-refractivity contribution in [2.24, 2.45) is 5.92 Å². The molecule has 4 aromatic rings. The van der Waals surface area contributed by atoms with Crippen LogP contribution in [-0.4, -0.2) is 25.9 Å². The Morgan fingerprint density at radius 3 is 1.76 bits per heavy atom. The van der Waals surface area contributed by atoms with Gasteiger partial charge in [0.25, 0.3) is 8.32 Å². The monoisotopic (exact) mass is 519 g/mol. The topological polar surface area (TPSA) is 35.3 Å². The molecule has 0 aliphatic heterocycles. The van der Waals surface area contributed by atoms with Gasteiger partial charge in [-0.15, -0.1) is 0 Å². The third-order valence-corrected chi connectivity index (χ3v) is 13.0. The van der Waals surface area contributed by atoms with Gasteiger partial charge in [0.15, 0.2) is 12.8 Å². The van der Waals surface area contributed by atoms with Gasteiger partial charge in [0.05, 0.1) is 5.92 Å². The Hall–Kier alpha value is -3.47. The molecule has 1 fully saturated rings. The molecular formula is C34H37NO2Si. The van der Waals surface area contributed by atoms with E-state index in [0.29, 0.717) is 13.2 Å². The highest BCUT2D eigenvalue weighted by atomic mass is 28.4. The van der Waals surface area contributed by atoms with Crippen LogP contribution in [0, 0.1) is 11.1 Å². The van der Waals surface area contributed by atoms with Crippen LogP contribution in [0.4, 0.5) is 0 Å². The molecule has 1 saturated carbocycles. The summed E-state index contributed by atoms with van der Waals surface area (Å²) < 4.78 is 8.48. The molecule has 0 spiro atoms. The lowest BCUT2D eigenvalue weighted by Crippen LogP contribution is -2.67. The van der Waals surface area contributed by atoms with Gasteiger partial charge in [0.2, 0.25) is 0 Å². The Labute approximate surface area is 228 Å². The number of hydrogen-bond donors (Lipinski definition) is 0. The van der Waals surface area contributed by atoms with Gasteiger partial charge in [-0.1, -0.05) is 142 Å². The van der Waals surface area contributed by atoms with E-state index >= 15 is 0 Å². The maximum atomic E-state index is 13.0. The van der Waals surface area contributed by atoms with E-state index in [-0.39, 0.29) is 16.4 Å². The molecule has 0 N–H and O–H groups in total. The van der Waals surface area contributed by atoms with Crippen molar-refractivity contribution in [1.29, 1.82) is 0 Å². The van der Waals surface area contributed by atoms with E-state index in [4.69, 9.17) is 4.43 Å². The van der Waals surface area contributed by atoms with Crippen molar-refractivity contribution in [2.45, 2.75) is 44.2 Å². The summed E-state index contributed by atoms with van der Waals surface area (Å²) in [7, 11) is -2.69. The highest BCUT2D eigenvalue weighted by Gasteiger charge is 2.59. The lowest BCUT2D eigenvalue weighted by atomic mass is 9.94. The fourth-order valence-corrected chi connectivity index (χ4v) is 10.5. The molecule has 1 aliphatic carbocycles. The van der Waals surface area contributed by atoms with E-state index in [1.165, 1.54) is 15.9 Å². The average molecular weight is 520 g/mol. The quantitative estimate of drug-likeness (QED) is 0.0855. The van der Waals surface area contributed by atoms with E-state index in [0.717, 1.165) is 16.7 Å². The summed E-state index contributed by atoms with van der Waals surface area (Å²) in [5.74, 6) is 0.129. The molecule has 194 valence electrons. The summed E-state index contributed by atoms with van der Waals surface area (Å²) >= 11 is 0. The Morgan fingerprint density at radius 1 is 0.789 bits per heavy atom. The Morgan fingerprint density at radius 2 is 1.26 bits per heavy atom. The normalized spacial score (nSPS) is 19.8.